The first kappa shape index (κ1) is 12.5. The molecule has 2 aromatic carbocycles. The number of rotatable bonds is 4. The Kier molecular flexibility index (Phi) is 3.25. The van der Waals surface area contributed by atoms with Crippen LogP contribution in [0.5, 0.6) is 0 Å². The molecule has 3 rings (SSSR count). The van der Waals surface area contributed by atoms with Crippen LogP contribution in [0.3, 0.4) is 0 Å². The number of ketones is 1. The van der Waals surface area contributed by atoms with Crippen molar-refractivity contribution in [2.45, 2.75) is 6.92 Å². The quantitative estimate of drug-likeness (QED) is 0.704. The predicted octanol–water partition coefficient (Wildman–Crippen LogP) is 3.77. The Balaban J connectivity index is 1.79. The smallest absolute Gasteiger partial charge is 0.183 e. The summed E-state index contributed by atoms with van der Waals surface area (Å²) in [6.45, 7) is 2.32. The molecular formula is C17H16N2O. The number of carbonyl (C=O) groups is 1. The monoisotopic (exact) mass is 264 g/mol. The summed E-state index contributed by atoms with van der Waals surface area (Å²) >= 11 is 0. The van der Waals surface area contributed by atoms with E-state index in [0.29, 0.717) is 6.54 Å². The van der Waals surface area contributed by atoms with E-state index in [-0.39, 0.29) is 5.78 Å². The second-order valence-electron chi connectivity index (χ2n) is 4.84. The van der Waals surface area contributed by atoms with Crippen LogP contribution in [0.25, 0.3) is 10.9 Å². The molecule has 0 atom stereocenters. The highest BCUT2D eigenvalue weighted by atomic mass is 16.1. The molecule has 0 aliphatic heterocycles. The minimum Gasteiger partial charge on any atom is -0.377 e. The maximum Gasteiger partial charge on any atom is 0.183 e. The number of H-pyrrole nitrogens is 1. The zero-order valence-corrected chi connectivity index (χ0v) is 11.3. The summed E-state index contributed by atoms with van der Waals surface area (Å²) in [5.41, 5.74) is 3.87. The highest BCUT2D eigenvalue weighted by Gasteiger charge is 2.11. The Hall–Kier alpha value is -2.55. The van der Waals surface area contributed by atoms with Gasteiger partial charge >= 0.3 is 0 Å². The summed E-state index contributed by atoms with van der Waals surface area (Å²) in [7, 11) is 0. The molecule has 0 radical (unpaired) electrons. The SMILES string of the molecule is Cc1ccccc1NCC(=O)c1c[nH]c2ccccc12. The number of carbonyl (C=O) groups excluding carboxylic acids is 1. The number of aromatic nitrogens is 1. The van der Waals surface area contributed by atoms with Gasteiger partial charge in [0.2, 0.25) is 0 Å². The van der Waals surface area contributed by atoms with Crippen LogP contribution >= 0.6 is 0 Å². The van der Waals surface area contributed by atoms with Gasteiger partial charge in [-0.25, -0.2) is 0 Å². The van der Waals surface area contributed by atoms with Crippen molar-refractivity contribution >= 4 is 22.4 Å². The van der Waals surface area contributed by atoms with E-state index in [9.17, 15) is 4.79 Å². The van der Waals surface area contributed by atoms with Gasteiger partial charge in [-0.15, -0.1) is 0 Å². The van der Waals surface area contributed by atoms with Gasteiger partial charge in [0.25, 0.3) is 0 Å². The third-order valence-electron chi connectivity index (χ3n) is 3.47. The van der Waals surface area contributed by atoms with E-state index in [1.165, 1.54) is 0 Å². The zero-order chi connectivity index (χ0) is 13.9. The minimum absolute atomic E-state index is 0.0886. The fourth-order valence-electron chi connectivity index (χ4n) is 2.34. The summed E-state index contributed by atoms with van der Waals surface area (Å²) in [5.74, 6) is 0.0886. The topological polar surface area (TPSA) is 44.9 Å². The molecule has 0 aliphatic carbocycles. The molecule has 3 nitrogen and oxygen atoms in total. The molecule has 0 bridgehead atoms. The maximum atomic E-state index is 12.3. The number of para-hydroxylation sites is 2. The molecule has 3 heteroatoms. The van der Waals surface area contributed by atoms with Crippen molar-refractivity contribution < 1.29 is 4.79 Å². The minimum atomic E-state index is 0.0886. The van der Waals surface area contributed by atoms with Gasteiger partial charge in [-0.1, -0.05) is 36.4 Å². The highest BCUT2D eigenvalue weighted by Crippen LogP contribution is 2.19. The second-order valence-corrected chi connectivity index (χ2v) is 4.84. The van der Waals surface area contributed by atoms with E-state index >= 15 is 0 Å². The van der Waals surface area contributed by atoms with E-state index in [2.05, 4.69) is 10.3 Å². The number of Topliss-reactive ketones (excluding diaryl/α,β-unsaturated/α-hetero) is 1. The van der Waals surface area contributed by atoms with Crippen molar-refractivity contribution in [3.8, 4) is 0 Å². The van der Waals surface area contributed by atoms with Crippen LogP contribution in [0, 0.1) is 6.92 Å². The molecule has 1 heterocycles. The lowest BCUT2D eigenvalue weighted by molar-refractivity contribution is 0.101. The van der Waals surface area contributed by atoms with Gasteiger partial charge in [0.15, 0.2) is 5.78 Å². The number of aromatic amines is 1. The van der Waals surface area contributed by atoms with Crippen molar-refractivity contribution in [1.29, 1.82) is 0 Å². The standard InChI is InChI=1S/C17H16N2O/c1-12-6-2-4-8-15(12)19-11-17(20)14-10-18-16-9-5-3-7-13(14)16/h2-10,18-19H,11H2,1H3. The Morgan fingerprint density at radius 3 is 2.70 bits per heavy atom. The molecule has 0 fully saturated rings. The average molecular weight is 264 g/mol. The summed E-state index contributed by atoms with van der Waals surface area (Å²) in [6.07, 6.45) is 1.78. The number of fused-ring (bicyclic) bond motifs is 1. The molecule has 20 heavy (non-hydrogen) atoms. The first-order chi connectivity index (χ1) is 9.75. The van der Waals surface area contributed by atoms with Crippen LogP contribution in [0.4, 0.5) is 5.69 Å². The van der Waals surface area contributed by atoms with E-state index in [0.717, 1.165) is 27.7 Å². The number of hydrogen-bond acceptors (Lipinski definition) is 2. The van der Waals surface area contributed by atoms with Gasteiger partial charge in [-0.3, -0.25) is 4.79 Å². The van der Waals surface area contributed by atoms with E-state index in [1.54, 1.807) is 6.20 Å². The predicted molar refractivity (Wildman–Crippen MR) is 82.3 cm³/mol. The van der Waals surface area contributed by atoms with Crippen LogP contribution in [0.2, 0.25) is 0 Å². The largest absolute Gasteiger partial charge is 0.377 e. The van der Waals surface area contributed by atoms with Crippen LogP contribution in [0.1, 0.15) is 15.9 Å². The molecular weight excluding hydrogens is 248 g/mol. The van der Waals surface area contributed by atoms with E-state index in [4.69, 9.17) is 0 Å². The third kappa shape index (κ3) is 2.30. The van der Waals surface area contributed by atoms with Crippen LogP contribution in [0.15, 0.2) is 54.7 Å². The number of aryl methyl sites for hydroxylation is 1. The Bertz CT molecular complexity index is 758. The summed E-state index contributed by atoms with van der Waals surface area (Å²) in [5, 5.41) is 4.18. The van der Waals surface area contributed by atoms with E-state index < -0.39 is 0 Å². The number of nitrogens with one attached hydrogen (secondary N) is 2. The van der Waals surface area contributed by atoms with Crippen molar-refractivity contribution in [2.24, 2.45) is 0 Å². The average Bonchev–Trinajstić information content (AvgIpc) is 2.90. The number of benzene rings is 2. The van der Waals surface area contributed by atoms with Gasteiger partial charge in [0.05, 0.1) is 6.54 Å². The molecule has 0 spiro atoms. The fourth-order valence-corrected chi connectivity index (χ4v) is 2.34. The Morgan fingerprint density at radius 2 is 1.85 bits per heavy atom. The van der Waals surface area contributed by atoms with Crippen LogP contribution in [-0.4, -0.2) is 17.3 Å². The van der Waals surface area contributed by atoms with Gasteiger partial charge in [-0.2, -0.15) is 0 Å². The normalized spacial score (nSPS) is 10.7. The van der Waals surface area contributed by atoms with Crippen molar-refractivity contribution in [3.05, 3.63) is 65.9 Å². The van der Waals surface area contributed by atoms with Crippen molar-refractivity contribution in [1.82, 2.24) is 4.98 Å². The van der Waals surface area contributed by atoms with E-state index in [1.807, 2.05) is 55.5 Å². The molecule has 0 amide bonds. The van der Waals surface area contributed by atoms with Crippen molar-refractivity contribution in [3.63, 3.8) is 0 Å². The molecule has 0 unspecified atom stereocenters. The second kappa shape index (κ2) is 5.21. The third-order valence-corrected chi connectivity index (χ3v) is 3.47. The fraction of sp³-hybridized carbons (Fsp3) is 0.118. The van der Waals surface area contributed by atoms with Gasteiger partial charge in [0, 0.05) is 28.4 Å². The Morgan fingerprint density at radius 1 is 1.10 bits per heavy atom. The zero-order valence-electron chi connectivity index (χ0n) is 11.3. The van der Waals surface area contributed by atoms with Gasteiger partial charge < -0.3 is 10.3 Å². The van der Waals surface area contributed by atoms with Crippen molar-refractivity contribution in [2.75, 3.05) is 11.9 Å². The van der Waals surface area contributed by atoms with Crippen LogP contribution in [-0.2, 0) is 0 Å². The lowest BCUT2D eigenvalue weighted by atomic mass is 10.1. The molecule has 0 aliphatic rings. The molecule has 0 saturated carbocycles. The molecule has 0 saturated heterocycles. The molecule has 2 N–H and O–H groups in total. The first-order valence-corrected chi connectivity index (χ1v) is 6.64. The summed E-state index contributed by atoms with van der Waals surface area (Å²) in [6, 6.07) is 15.8. The molecule has 1 aromatic heterocycles. The number of anilines is 1. The lowest BCUT2D eigenvalue weighted by Gasteiger charge is -2.08. The number of hydrogen-bond donors (Lipinski definition) is 2. The first-order valence-electron chi connectivity index (χ1n) is 6.64. The van der Waals surface area contributed by atoms with Crippen LogP contribution < -0.4 is 5.32 Å². The Labute approximate surface area is 117 Å². The maximum absolute atomic E-state index is 12.3. The van der Waals surface area contributed by atoms with Gasteiger partial charge in [0.1, 0.15) is 0 Å². The summed E-state index contributed by atoms with van der Waals surface area (Å²) < 4.78 is 0. The molecule has 100 valence electrons. The molecule has 3 aromatic rings. The van der Waals surface area contributed by atoms with Gasteiger partial charge in [-0.05, 0) is 24.6 Å². The highest BCUT2D eigenvalue weighted by molar-refractivity contribution is 6.09. The lowest BCUT2D eigenvalue weighted by Crippen LogP contribution is -2.14. The summed E-state index contributed by atoms with van der Waals surface area (Å²) in [4.78, 5) is 15.5.